The lowest BCUT2D eigenvalue weighted by atomic mass is 9.44. The van der Waals surface area contributed by atoms with E-state index in [-0.39, 0.29) is 12.2 Å². The Morgan fingerprint density at radius 3 is 1.86 bits per heavy atom. The first-order valence-corrected chi connectivity index (χ1v) is 24.6. The van der Waals surface area contributed by atoms with Crippen LogP contribution >= 0.6 is 0 Å². The molecular weight excluding hydrogens is 705 g/mol. The van der Waals surface area contributed by atoms with Gasteiger partial charge in [-0.3, -0.25) is 0 Å². The van der Waals surface area contributed by atoms with Crippen molar-refractivity contribution in [3.8, 4) is 0 Å². The van der Waals surface area contributed by atoms with E-state index in [0.717, 1.165) is 73.0 Å². The van der Waals surface area contributed by atoms with Crippen LogP contribution < -0.4 is 0 Å². The van der Waals surface area contributed by atoms with Gasteiger partial charge in [-0.25, -0.2) is 0 Å². The van der Waals surface area contributed by atoms with E-state index in [0.29, 0.717) is 33.5 Å². The fraction of sp³-hybridized carbons (Fsp3) is 0.714. The minimum atomic E-state index is -0.103. The van der Waals surface area contributed by atoms with E-state index in [2.05, 4.69) is 116 Å². The lowest BCUT2D eigenvalue weighted by Crippen LogP contribution is -2.53. The first-order chi connectivity index (χ1) is 27.7. The van der Waals surface area contributed by atoms with Crippen molar-refractivity contribution >= 4 is 5.57 Å². The van der Waals surface area contributed by atoms with Gasteiger partial charge in [0.1, 0.15) is 0 Å². The summed E-state index contributed by atoms with van der Waals surface area (Å²) in [6.45, 7) is 19.5. The van der Waals surface area contributed by atoms with Crippen LogP contribution in [0.15, 0.2) is 66.3 Å². The van der Waals surface area contributed by atoms with Gasteiger partial charge in [-0.1, -0.05) is 122 Å². The molecule has 0 aliphatic heterocycles. The summed E-state index contributed by atoms with van der Waals surface area (Å²) < 4.78 is 0. The van der Waals surface area contributed by atoms with Crippen molar-refractivity contribution in [2.75, 3.05) is 0 Å². The first-order valence-electron chi connectivity index (χ1n) is 24.6. The Hall–Kier alpha value is -2.16. The Bertz CT molecular complexity index is 1850. The van der Waals surface area contributed by atoms with Gasteiger partial charge in [0.2, 0.25) is 0 Å². The molecule has 2 nitrogen and oxygen atoms in total. The molecule has 14 atom stereocenters. The number of aliphatic hydroxyl groups is 2. The second-order valence-corrected chi connectivity index (χ2v) is 23.3. The van der Waals surface area contributed by atoms with Crippen LogP contribution in [0.4, 0.5) is 0 Å². The fourth-order valence-electron chi connectivity index (χ4n) is 16.6. The SMILES string of the molecule is CC(C)c1ccc(C2=CC[C@H]3[C@@H]4CC=C5C[C@@H](O)CC[C@]5(C)[C@H]4CC[C@]23C)cc1.CC(C)c1ccc([C@H]2CC[C@H]3[C@@H]4CCC5C[C@@H](O)CC[C@]5(C)[C@H]4CC[C@]23C)cc1. The molecule has 0 bridgehead atoms. The molecule has 0 spiro atoms. The molecule has 8 aliphatic rings. The first kappa shape index (κ1) is 41.2. The summed E-state index contributed by atoms with van der Waals surface area (Å²) >= 11 is 0. The summed E-state index contributed by atoms with van der Waals surface area (Å²) in [5.41, 5.74) is 10.8. The molecular formula is C56H80O2. The van der Waals surface area contributed by atoms with Gasteiger partial charge in [-0.15, -0.1) is 0 Å². The lowest BCUT2D eigenvalue weighted by molar-refractivity contribution is -0.122. The van der Waals surface area contributed by atoms with E-state index >= 15 is 0 Å². The molecule has 0 radical (unpaired) electrons. The third-order valence-corrected chi connectivity index (χ3v) is 20.2. The van der Waals surface area contributed by atoms with Crippen molar-refractivity contribution in [1.82, 2.24) is 0 Å². The molecule has 0 saturated heterocycles. The van der Waals surface area contributed by atoms with E-state index < -0.39 is 0 Å². The summed E-state index contributed by atoms with van der Waals surface area (Å²) in [6.07, 6.45) is 25.1. The molecule has 58 heavy (non-hydrogen) atoms. The Labute approximate surface area is 354 Å². The van der Waals surface area contributed by atoms with Crippen LogP contribution in [0.1, 0.15) is 198 Å². The topological polar surface area (TPSA) is 40.5 Å². The molecule has 1 unspecified atom stereocenters. The maximum atomic E-state index is 10.3. The van der Waals surface area contributed by atoms with Crippen LogP contribution in [0.25, 0.3) is 5.57 Å². The molecule has 2 heteroatoms. The molecule has 316 valence electrons. The van der Waals surface area contributed by atoms with Crippen LogP contribution in [-0.2, 0) is 0 Å². The van der Waals surface area contributed by atoms with Gasteiger partial charge < -0.3 is 10.2 Å². The second-order valence-electron chi connectivity index (χ2n) is 23.3. The number of benzene rings is 2. The number of rotatable bonds is 4. The van der Waals surface area contributed by atoms with Crippen molar-refractivity contribution < 1.29 is 10.2 Å². The van der Waals surface area contributed by atoms with Gasteiger partial charge in [-0.05, 0) is 211 Å². The minimum Gasteiger partial charge on any atom is -0.393 e. The molecule has 6 saturated carbocycles. The highest BCUT2D eigenvalue weighted by atomic mass is 16.3. The van der Waals surface area contributed by atoms with Crippen LogP contribution in [0.2, 0.25) is 0 Å². The van der Waals surface area contributed by atoms with Crippen molar-refractivity contribution in [3.63, 3.8) is 0 Å². The third-order valence-electron chi connectivity index (χ3n) is 20.2. The van der Waals surface area contributed by atoms with Gasteiger partial charge >= 0.3 is 0 Å². The number of aliphatic hydroxyl groups excluding tert-OH is 2. The minimum absolute atomic E-state index is 0.0249. The Kier molecular flexibility index (Phi) is 10.9. The molecule has 0 aromatic heterocycles. The zero-order valence-electron chi connectivity index (χ0n) is 37.9. The monoisotopic (exact) mass is 785 g/mol. The van der Waals surface area contributed by atoms with Gasteiger partial charge in [0.25, 0.3) is 0 Å². The quantitative estimate of drug-likeness (QED) is 0.303. The third kappa shape index (κ3) is 6.70. The number of hydrogen-bond donors (Lipinski definition) is 2. The van der Waals surface area contributed by atoms with E-state index in [9.17, 15) is 10.2 Å². The molecule has 2 aromatic rings. The molecule has 0 amide bonds. The van der Waals surface area contributed by atoms with Crippen molar-refractivity contribution in [1.29, 1.82) is 0 Å². The highest BCUT2D eigenvalue weighted by Crippen LogP contribution is 2.70. The summed E-state index contributed by atoms with van der Waals surface area (Å²) in [4.78, 5) is 0. The lowest BCUT2D eigenvalue weighted by Gasteiger charge is -2.61. The van der Waals surface area contributed by atoms with Crippen molar-refractivity contribution in [2.24, 2.45) is 63.1 Å². The summed E-state index contributed by atoms with van der Waals surface area (Å²) in [5.74, 6) is 7.91. The zero-order chi connectivity index (χ0) is 40.8. The van der Waals surface area contributed by atoms with Crippen molar-refractivity contribution in [3.05, 3.63) is 88.5 Å². The summed E-state index contributed by atoms with van der Waals surface area (Å²) in [7, 11) is 0. The van der Waals surface area contributed by atoms with E-state index in [4.69, 9.17) is 0 Å². The smallest absolute Gasteiger partial charge is 0.0577 e. The summed E-state index contributed by atoms with van der Waals surface area (Å²) in [5, 5.41) is 20.5. The van der Waals surface area contributed by atoms with Crippen LogP contribution in [0.3, 0.4) is 0 Å². The number of hydrogen-bond acceptors (Lipinski definition) is 2. The zero-order valence-corrected chi connectivity index (χ0v) is 37.9. The highest BCUT2D eigenvalue weighted by Gasteiger charge is 2.61. The fourth-order valence-corrected chi connectivity index (χ4v) is 16.6. The summed E-state index contributed by atoms with van der Waals surface area (Å²) in [6, 6.07) is 19.1. The van der Waals surface area contributed by atoms with Crippen LogP contribution in [0, 0.1) is 63.1 Å². The predicted octanol–water partition coefficient (Wildman–Crippen LogP) is 14.4. The van der Waals surface area contributed by atoms with Crippen molar-refractivity contribution in [2.45, 2.75) is 188 Å². The van der Waals surface area contributed by atoms with Crippen LogP contribution in [0.5, 0.6) is 0 Å². The second kappa shape index (κ2) is 15.3. The Morgan fingerprint density at radius 2 is 1.16 bits per heavy atom. The largest absolute Gasteiger partial charge is 0.393 e. The molecule has 0 heterocycles. The standard InChI is InChI=1S/C28H42O.C28H38O/c2*1-18(2)19-5-7-20(8-6-19)24-11-12-25-23-10-9-21-17-22(29)13-15-27(21,3)26(23)14-16-28(24,25)4/h5-8,18,21-26,29H,9-17H2,1-4H3;5-9,11,18,22-23,25-26,29H,10,12-17H2,1-4H3/t21?,22-,23-,24+,25-,26-,27-,28+;22-,23-,25-,26-,27-,28+/m00/s1. The van der Waals surface area contributed by atoms with Gasteiger partial charge in [0, 0.05) is 0 Å². The normalized spacial score (nSPS) is 44.1. The predicted molar refractivity (Wildman–Crippen MR) is 243 cm³/mol. The Morgan fingerprint density at radius 1 is 0.534 bits per heavy atom. The van der Waals surface area contributed by atoms with E-state index in [1.807, 2.05) is 0 Å². The molecule has 8 aliphatic carbocycles. The van der Waals surface area contributed by atoms with Gasteiger partial charge in [0.15, 0.2) is 0 Å². The van der Waals surface area contributed by atoms with Gasteiger partial charge in [0.05, 0.1) is 12.2 Å². The molecule has 2 aromatic carbocycles. The molecule has 6 fully saturated rings. The van der Waals surface area contributed by atoms with Crippen LogP contribution in [-0.4, -0.2) is 22.4 Å². The average molecular weight is 785 g/mol. The van der Waals surface area contributed by atoms with Gasteiger partial charge in [-0.2, -0.15) is 0 Å². The van der Waals surface area contributed by atoms with E-state index in [1.54, 1.807) is 16.7 Å². The maximum Gasteiger partial charge on any atom is 0.0577 e. The van der Waals surface area contributed by atoms with E-state index in [1.165, 1.54) is 93.7 Å². The number of fused-ring (bicyclic) bond motifs is 10. The highest BCUT2D eigenvalue weighted by molar-refractivity contribution is 5.73. The molecule has 2 N–H and O–H groups in total. The average Bonchev–Trinajstić information content (AvgIpc) is 3.75. The Balaban J connectivity index is 0.000000150. The maximum absolute atomic E-state index is 10.3. The molecule has 10 rings (SSSR count). The number of allylic oxidation sites excluding steroid dienone is 3.